The van der Waals surface area contributed by atoms with Gasteiger partial charge in [-0.2, -0.15) is 13.2 Å². The lowest BCUT2D eigenvalue weighted by Crippen LogP contribution is -2.45. The van der Waals surface area contributed by atoms with Crippen LogP contribution in [0.25, 0.3) is 11.1 Å². The molecular weight excluding hydrogens is 511 g/mol. The van der Waals surface area contributed by atoms with Gasteiger partial charge >= 0.3 is 12.3 Å². The molecule has 0 radical (unpaired) electrons. The standard InChI is InChI=1S/C26H29F5N4O3/c27-25(28)10-8-18(9-11-25)22(35-24(36)37-15-16-4-2-1-3-5-16)23-34-19-12-17(6-7-20(19)38-23)13-33-14-21(32)26(29,30)31/h1-7,12,18,21-22,33H,8-11,13-15,32H2,(H,35,36)/t21-,22-/m0/s1. The number of oxazole rings is 1. The lowest BCUT2D eigenvalue weighted by molar-refractivity contribution is -0.146. The molecule has 2 aromatic carbocycles. The third kappa shape index (κ3) is 7.41. The Morgan fingerprint density at radius 2 is 1.84 bits per heavy atom. The Balaban J connectivity index is 1.47. The zero-order valence-corrected chi connectivity index (χ0v) is 20.4. The Morgan fingerprint density at radius 1 is 1.13 bits per heavy atom. The summed E-state index contributed by atoms with van der Waals surface area (Å²) < 4.78 is 76.7. The van der Waals surface area contributed by atoms with E-state index in [1.807, 2.05) is 18.2 Å². The SMILES string of the molecule is N[C@@H](CNCc1ccc2oc([C@@H](NC(=O)OCc3ccccc3)C3CCC(F)(F)CC3)nc2c1)C(F)(F)F. The molecule has 3 aromatic rings. The fourth-order valence-corrected chi connectivity index (χ4v) is 4.39. The number of nitrogens with zero attached hydrogens (tertiary/aromatic N) is 1. The van der Waals surface area contributed by atoms with Crippen LogP contribution < -0.4 is 16.4 Å². The van der Waals surface area contributed by atoms with Gasteiger partial charge in [-0.05, 0) is 42.0 Å². The third-order valence-electron chi connectivity index (χ3n) is 6.57. The molecule has 0 saturated heterocycles. The lowest BCUT2D eigenvalue weighted by Gasteiger charge is -2.32. The summed E-state index contributed by atoms with van der Waals surface area (Å²) in [4.78, 5) is 17.1. The van der Waals surface area contributed by atoms with Crippen LogP contribution in [0.2, 0.25) is 0 Å². The number of alkyl carbamates (subject to hydrolysis) is 1. The van der Waals surface area contributed by atoms with Crippen molar-refractivity contribution >= 4 is 17.2 Å². The number of benzene rings is 2. The maximum Gasteiger partial charge on any atom is 0.408 e. The molecule has 206 valence electrons. The summed E-state index contributed by atoms with van der Waals surface area (Å²) in [6.45, 7) is -0.299. The van der Waals surface area contributed by atoms with Crippen LogP contribution in [0, 0.1) is 5.92 Å². The molecule has 1 heterocycles. The minimum absolute atomic E-state index is 0.0318. The van der Waals surface area contributed by atoms with Crippen molar-refractivity contribution in [2.75, 3.05) is 6.54 Å². The van der Waals surface area contributed by atoms with Gasteiger partial charge in [0.1, 0.15) is 24.2 Å². The molecule has 0 aliphatic heterocycles. The Kier molecular flexibility index (Phi) is 8.51. The summed E-state index contributed by atoms with van der Waals surface area (Å²) >= 11 is 0. The molecule has 4 rings (SSSR count). The Morgan fingerprint density at radius 3 is 2.53 bits per heavy atom. The second-order valence-electron chi connectivity index (χ2n) is 9.51. The molecule has 0 bridgehead atoms. The van der Waals surface area contributed by atoms with Crippen LogP contribution in [0.3, 0.4) is 0 Å². The number of aromatic nitrogens is 1. The fraction of sp³-hybridized carbons (Fsp3) is 0.462. The number of amides is 1. The van der Waals surface area contributed by atoms with Gasteiger partial charge in [-0.25, -0.2) is 18.6 Å². The molecule has 1 aliphatic carbocycles. The second kappa shape index (κ2) is 11.6. The van der Waals surface area contributed by atoms with Gasteiger partial charge in [-0.15, -0.1) is 0 Å². The van der Waals surface area contributed by atoms with Crippen LogP contribution in [0.5, 0.6) is 0 Å². The van der Waals surface area contributed by atoms with E-state index in [4.69, 9.17) is 14.9 Å². The third-order valence-corrected chi connectivity index (χ3v) is 6.57. The van der Waals surface area contributed by atoms with Crippen molar-refractivity contribution in [1.82, 2.24) is 15.6 Å². The highest BCUT2D eigenvalue weighted by molar-refractivity contribution is 5.74. The highest BCUT2D eigenvalue weighted by Gasteiger charge is 2.40. The number of carbonyl (C=O) groups is 1. The molecule has 0 spiro atoms. The van der Waals surface area contributed by atoms with E-state index in [0.29, 0.717) is 16.7 Å². The first-order valence-corrected chi connectivity index (χ1v) is 12.3. The molecule has 1 fully saturated rings. The van der Waals surface area contributed by atoms with Crippen molar-refractivity contribution in [2.24, 2.45) is 11.7 Å². The van der Waals surface area contributed by atoms with E-state index in [-0.39, 0.29) is 50.6 Å². The van der Waals surface area contributed by atoms with Crippen LogP contribution in [-0.4, -0.2) is 35.8 Å². The van der Waals surface area contributed by atoms with Gasteiger partial charge in [-0.1, -0.05) is 36.4 Å². The van der Waals surface area contributed by atoms with Crippen molar-refractivity contribution in [3.63, 3.8) is 0 Å². The highest BCUT2D eigenvalue weighted by atomic mass is 19.4. The van der Waals surface area contributed by atoms with E-state index in [2.05, 4.69) is 15.6 Å². The highest BCUT2D eigenvalue weighted by Crippen LogP contribution is 2.41. The summed E-state index contributed by atoms with van der Waals surface area (Å²) in [5.41, 5.74) is 7.37. The predicted octanol–water partition coefficient (Wildman–Crippen LogP) is 5.60. The van der Waals surface area contributed by atoms with Crippen LogP contribution in [0.4, 0.5) is 26.7 Å². The van der Waals surface area contributed by atoms with Crippen molar-refractivity contribution in [1.29, 1.82) is 0 Å². The number of fused-ring (bicyclic) bond motifs is 1. The number of hydrogen-bond donors (Lipinski definition) is 3. The zero-order valence-electron chi connectivity index (χ0n) is 20.4. The van der Waals surface area contributed by atoms with E-state index in [1.165, 1.54) is 0 Å². The average molecular weight is 541 g/mol. The molecule has 38 heavy (non-hydrogen) atoms. The number of nitrogens with two attached hydrogens (primary N) is 1. The van der Waals surface area contributed by atoms with Gasteiger partial charge in [0.25, 0.3) is 0 Å². The smallest absolute Gasteiger partial charge is 0.408 e. The van der Waals surface area contributed by atoms with E-state index in [0.717, 1.165) is 5.56 Å². The second-order valence-corrected chi connectivity index (χ2v) is 9.51. The number of alkyl halides is 5. The Bertz CT molecular complexity index is 1210. The van der Waals surface area contributed by atoms with Gasteiger partial charge in [0, 0.05) is 25.9 Å². The van der Waals surface area contributed by atoms with E-state index in [1.54, 1.807) is 30.3 Å². The van der Waals surface area contributed by atoms with E-state index in [9.17, 15) is 26.7 Å². The molecular formula is C26H29F5N4O3. The number of nitrogens with one attached hydrogen (secondary N) is 2. The first-order chi connectivity index (χ1) is 18.0. The van der Waals surface area contributed by atoms with Gasteiger partial charge in [0.05, 0.1) is 0 Å². The maximum atomic E-state index is 13.8. The zero-order chi connectivity index (χ0) is 27.3. The van der Waals surface area contributed by atoms with E-state index < -0.39 is 36.8 Å². The topological polar surface area (TPSA) is 102 Å². The van der Waals surface area contributed by atoms with Crippen LogP contribution in [-0.2, 0) is 17.9 Å². The molecule has 1 aromatic heterocycles. The number of rotatable bonds is 9. The summed E-state index contributed by atoms with van der Waals surface area (Å²) in [5, 5.41) is 5.41. The Hall–Kier alpha value is -3.25. The first-order valence-electron chi connectivity index (χ1n) is 12.3. The van der Waals surface area contributed by atoms with Crippen molar-refractivity contribution in [3.8, 4) is 0 Å². The molecule has 2 atom stereocenters. The van der Waals surface area contributed by atoms with E-state index >= 15 is 0 Å². The molecule has 4 N–H and O–H groups in total. The predicted molar refractivity (Wildman–Crippen MR) is 129 cm³/mol. The average Bonchev–Trinajstić information content (AvgIpc) is 3.29. The largest absolute Gasteiger partial charge is 0.445 e. The number of halogens is 5. The van der Waals surface area contributed by atoms with Crippen LogP contribution >= 0.6 is 0 Å². The molecule has 1 saturated carbocycles. The first kappa shape index (κ1) is 27.8. The van der Waals surface area contributed by atoms with Gasteiger partial charge in [-0.3, -0.25) is 0 Å². The summed E-state index contributed by atoms with van der Waals surface area (Å²) in [6.07, 6.45) is -5.54. The van der Waals surface area contributed by atoms with Crippen molar-refractivity contribution < 1.29 is 35.9 Å². The van der Waals surface area contributed by atoms with Crippen molar-refractivity contribution in [2.45, 2.75) is 63.0 Å². The summed E-state index contributed by atoms with van der Waals surface area (Å²) in [6, 6.07) is 11.2. The monoisotopic (exact) mass is 540 g/mol. The quantitative estimate of drug-likeness (QED) is 0.306. The summed E-state index contributed by atoms with van der Waals surface area (Å²) in [5.74, 6) is -2.96. The van der Waals surface area contributed by atoms with Gasteiger partial charge in [0.15, 0.2) is 5.58 Å². The Labute approximate surface area is 215 Å². The molecule has 1 amide bonds. The van der Waals surface area contributed by atoms with Gasteiger partial charge in [0.2, 0.25) is 11.8 Å². The van der Waals surface area contributed by atoms with Gasteiger partial charge < -0.3 is 25.5 Å². The van der Waals surface area contributed by atoms with Crippen molar-refractivity contribution in [3.05, 3.63) is 65.5 Å². The number of carbonyl (C=O) groups excluding carboxylic acids is 1. The number of hydrogen-bond acceptors (Lipinski definition) is 6. The molecule has 12 heteroatoms. The molecule has 0 unspecified atom stereocenters. The molecule has 7 nitrogen and oxygen atoms in total. The minimum atomic E-state index is -4.49. The lowest BCUT2D eigenvalue weighted by atomic mass is 9.82. The normalized spacial score (nSPS) is 17.7. The van der Waals surface area contributed by atoms with Crippen LogP contribution in [0.15, 0.2) is 52.9 Å². The minimum Gasteiger partial charge on any atom is -0.445 e. The number of ether oxygens (including phenoxy) is 1. The van der Waals surface area contributed by atoms with Crippen LogP contribution in [0.1, 0.15) is 48.7 Å². The maximum absolute atomic E-state index is 13.8. The molecule has 1 aliphatic rings. The summed E-state index contributed by atoms with van der Waals surface area (Å²) in [7, 11) is 0. The fourth-order valence-electron chi connectivity index (χ4n) is 4.39.